The second kappa shape index (κ2) is 5.79. The molecule has 0 saturated heterocycles. The van der Waals surface area contributed by atoms with Crippen molar-refractivity contribution in [3.05, 3.63) is 9.53 Å². The Morgan fingerprint density at radius 2 is 2.22 bits per heavy atom. The lowest BCUT2D eigenvalue weighted by Gasteiger charge is -2.21. The van der Waals surface area contributed by atoms with Crippen LogP contribution in [0, 0.1) is 9.75 Å². The molecule has 2 N–H and O–H groups in total. The molecule has 0 aliphatic carbocycles. The number of hydrogen-bond donors (Lipinski definition) is 2. The number of halogens is 1. The lowest BCUT2D eigenvalue weighted by molar-refractivity contribution is 0.248. The van der Waals surface area contributed by atoms with Crippen LogP contribution in [0.4, 0.5) is 5.82 Å². The molecule has 1 aliphatic rings. The molecular weight excluding hydrogens is 365 g/mol. The first kappa shape index (κ1) is 14.1. The van der Waals surface area contributed by atoms with Gasteiger partial charge in [-0.25, -0.2) is 9.97 Å². The second-order valence-electron chi connectivity index (χ2n) is 4.59. The van der Waals surface area contributed by atoms with Gasteiger partial charge in [-0.05, 0) is 5.92 Å². The highest BCUT2D eigenvalue weighted by atomic mass is 127. The Hall–Kier alpha value is -0.280. The second-order valence-corrected chi connectivity index (χ2v) is 7.07. The van der Waals surface area contributed by atoms with Crippen LogP contribution in [0.15, 0.2) is 4.90 Å². The summed E-state index contributed by atoms with van der Waals surface area (Å²) in [6.07, 6.45) is 0.737. The van der Waals surface area contributed by atoms with Gasteiger partial charge in [-0.3, -0.25) is 4.21 Å². The van der Waals surface area contributed by atoms with Crippen LogP contribution in [0.25, 0.3) is 0 Å². The fraction of sp³-hybridized carbons (Fsp3) is 0.636. The van der Waals surface area contributed by atoms with Crippen molar-refractivity contribution in [3.8, 4) is 0 Å². The van der Waals surface area contributed by atoms with Crippen molar-refractivity contribution in [1.82, 2.24) is 9.97 Å². The molecule has 1 aromatic rings. The number of aliphatic hydroxyl groups excluding tert-OH is 1. The summed E-state index contributed by atoms with van der Waals surface area (Å²) in [7, 11) is -1.02. The van der Waals surface area contributed by atoms with Crippen molar-refractivity contribution in [3.63, 3.8) is 0 Å². The first-order valence-corrected chi connectivity index (χ1v) is 8.25. The molecule has 0 spiro atoms. The van der Waals surface area contributed by atoms with Crippen molar-refractivity contribution in [2.75, 3.05) is 17.7 Å². The van der Waals surface area contributed by atoms with Gasteiger partial charge in [0.15, 0.2) is 3.83 Å². The van der Waals surface area contributed by atoms with Gasteiger partial charge in [0.05, 0.1) is 29.1 Å². The summed E-state index contributed by atoms with van der Waals surface area (Å²) >= 11 is 2.06. The molecule has 5 nitrogen and oxygen atoms in total. The molecule has 0 bridgehead atoms. The highest BCUT2D eigenvalue weighted by Crippen LogP contribution is 2.28. The van der Waals surface area contributed by atoms with Crippen molar-refractivity contribution < 1.29 is 9.32 Å². The van der Waals surface area contributed by atoms with E-state index in [2.05, 4.69) is 37.9 Å². The molecule has 2 heterocycles. The highest BCUT2D eigenvalue weighted by Gasteiger charge is 2.27. The Kier molecular flexibility index (Phi) is 4.54. The quantitative estimate of drug-likeness (QED) is 0.605. The van der Waals surface area contributed by atoms with E-state index in [1.165, 1.54) is 0 Å². The summed E-state index contributed by atoms with van der Waals surface area (Å²) in [4.78, 5) is 9.37. The van der Waals surface area contributed by atoms with Crippen LogP contribution in [-0.2, 0) is 17.2 Å². The zero-order valence-electron chi connectivity index (χ0n) is 10.3. The maximum absolute atomic E-state index is 12.0. The summed E-state index contributed by atoms with van der Waals surface area (Å²) < 4.78 is 12.6. The first-order valence-electron chi connectivity index (χ1n) is 5.85. The first-order chi connectivity index (χ1) is 8.52. The van der Waals surface area contributed by atoms with Crippen molar-refractivity contribution >= 4 is 39.2 Å². The van der Waals surface area contributed by atoms with Crippen molar-refractivity contribution in [1.29, 1.82) is 0 Å². The molecule has 18 heavy (non-hydrogen) atoms. The van der Waals surface area contributed by atoms with Gasteiger partial charge in [0.2, 0.25) is 0 Å². The standard InChI is InChI=1S/C11H16IN3O2S/c1-6(2)8(5-16)13-10-9-7(3-4-18(9)17)14-11(12)15-10/h6,8,16H,3-5H2,1-2H3,(H,13,14,15)/t8-,18?/m0/s1. The summed E-state index contributed by atoms with van der Waals surface area (Å²) in [6.45, 7) is 4.08. The van der Waals surface area contributed by atoms with Crippen LogP contribution in [-0.4, -0.2) is 37.7 Å². The molecule has 0 saturated carbocycles. The van der Waals surface area contributed by atoms with E-state index in [-0.39, 0.29) is 18.6 Å². The predicted molar refractivity (Wildman–Crippen MR) is 79.1 cm³/mol. The summed E-state index contributed by atoms with van der Waals surface area (Å²) in [5, 5.41) is 12.6. The molecule has 0 aromatic carbocycles. The smallest absolute Gasteiger partial charge is 0.192 e. The minimum Gasteiger partial charge on any atom is -0.394 e. The van der Waals surface area contributed by atoms with Gasteiger partial charge in [0, 0.05) is 34.8 Å². The zero-order chi connectivity index (χ0) is 13.3. The summed E-state index contributed by atoms with van der Waals surface area (Å²) in [6, 6.07) is -0.0857. The molecule has 0 radical (unpaired) electrons. The fourth-order valence-corrected chi connectivity index (χ4v) is 3.71. The third kappa shape index (κ3) is 2.83. The fourth-order valence-electron chi connectivity index (χ4n) is 1.86. The third-order valence-electron chi connectivity index (χ3n) is 2.98. The number of aryl methyl sites for hydroxylation is 1. The minimum atomic E-state index is -1.02. The molecule has 2 rings (SSSR count). The lowest BCUT2D eigenvalue weighted by Crippen LogP contribution is -2.30. The summed E-state index contributed by atoms with van der Waals surface area (Å²) in [5.74, 6) is 1.51. The Bertz CT molecular complexity index is 482. The topological polar surface area (TPSA) is 75.1 Å². The summed E-state index contributed by atoms with van der Waals surface area (Å²) in [5.41, 5.74) is 0.871. The number of fused-ring (bicyclic) bond motifs is 1. The molecule has 1 unspecified atom stereocenters. The Morgan fingerprint density at radius 1 is 1.50 bits per heavy atom. The molecule has 1 aliphatic heterocycles. The van der Waals surface area contributed by atoms with Crippen LogP contribution in [0.2, 0.25) is 0 Å². The van der Waals surface area contributed by atoms with Gasteiger partial charge in [0.1, 0.15) is 10.7 Å². The average Bonchev–Trinajstić information content (AvgIpc) is 2.67. The normalized spacial score (nSPS) is 19.9. The SMILES string of the molecule is CC(C)[C@H](CO)Nc1nc(I)nc2c1S(=O)CC2. The van der Waals surface area contributed by atoms with Crippen LogP contribution in [0.3, 0.4) is 0 Å². The highest BCUT2D eigenvalue weighted by molar-refractivity contribution is 14.1. The number of nitrogens with one attached hydrogen (secondary N) is 1. The minimum absolute atomic E-state index is 0.0274. The van der Waals surface area contributed by atoms with E-state index in [1.54, 1.807) is 0 Å². The molecule has 0 fully saturated rings. The van der Waals surface area contributed by atoms with Crippen molar-refractivity contribution in [2.45, 2.75) is 31.2 Å². The average molecular weight is 381 g/mol. The van der Waals surface area contributed by atoms with Gasteiger partial charge in [-0.1, -0.05) is 13.8 Å². The van der Waals surface area contributed by atoms with E-state index >= 15 is 0 Å². The van der Waals surface area contributed by atoms with E-state index < -0.39 is 10.8 Å². The van der Waals surface area contributed by atoms with Crippen molar-refractivity contribution in [2.24, 2.45) is 5.92 Å². The predicted octanol–water partition coefficient (Wildman–Crippen LogP) is 1.17. The van der Waals surface area contributed by atoms with E-state index in [9.17, 15) is 9.32 Å². The maximum atomic E-state index is 12.0. The van der Waals surface area contributed by atoms with E-state index in [1.807, 2.05) is 13.8 Å². The van der Waals surface area contributed by atoms with Gasteiger partial charge < -0.3 is 10.4 Å². The number of aromatic nitrogens is 2. The van der Waals surface area contributed by atoms with E-state index in [0.717, 1.165) is 17.0 Å². The van der Waals surface area contributed by atoms with E-state index in [4.69, 9.17) is 0 Å². The molecule has 100 valence electrons. The molecule has 0 amide bonds. The van der Waals surface area contributed by atoms with Crippen LogP contribution < -0.4 is 5.32 Å². The van der Waals surface area contributed by atoms with Gasteiger partial charge in [0.25, 0.3) is 0 Å². The van der Waals surface area contributed by atoms with Crippen LogP contribution in [0.1, 0.15) is 19.5 Å². The maximum Gasteiger partial charge on any atom is 0.192 e. The Balaban J connectivity index is 2.36. The van der Waals surface area contributed by atoms with Crippen LogP contribution in [0.5, 0.6) is 0 Å². The number of rotatable bonds is 4. The molecule has 7 heteroatoms. The largest absolute Gasteiger partial charge is 0.394 e. The Labute approximate surface area is 122 Å². The molecule has 1 aromatic heterocycles. The molecular formula is C11H16IN3O2S. The number of aliphatic hydroxyl groups is 1. The number of nitrogens with zero attached hydrogens (tertiary/aromatic N) is 2. The Morgan fingerprint density at radius 3 is 2.83 bits per heavy atom. The lowest BCUT2D eigenvalue weighted by atomic mass is 10.1. The molecule has 2 atom stereocenters. The zero-order valence-corrected chi connectivity index (χ0v) is 13.3. The van der Waals surface area contributed by atoms with Gasteiger partial charge in [-0.15, -0.1) is 0 Å². The third-order valence-corrected chi connectivity index (χ3v) is 4.93. The monoisotopic (exact) mass is 381 g/mol. The number of anilines is 1. The van der Waals surface area contributed by atoms with Gasteiger partial charge in [-0.2, -0.15) is 0 Å². The van der Waals surface area contributed by atoms with Gasteiger partial charge >= 0.3 is 0 Å². The van der Waals surface area contributed by atoms with E-state index in [0.29, 0.717) is 15.4 Å². The number of hydrogen-bond acceptors (Lipinski definition) is 5. The van der Waals surface area contributed by atoms with Crippen LogP contribution >= 0.6 is 22.6 Å².